The van der Waals surface area contributed by atoms with Crippen molar-refractivity contribution < 1.29 is 19.4 Å². The van der Waals surface area contributed by atoms with Crippen LogP contribution in [0.15, 0.2) is 54.7 Å². The molecule has 0 atom stereocenters. The normalized spacial score (nSPS) is 10.7. The van der Waals surface area contributed by atoms with Gasteiger partial charge in [0.2, 0.25) is 0 Å². The van der Waals surface area contributed by atoms with E-state index in [2.05, 4.69) is 15.3 Å². The average molecular weight is 407 g/mol. The van der Waals surface area contributed by atoms with Crippen molar-refractivity contribution in [3.63, 3.8) is 0 Å². The largest absolute Gasteiger partial charge is 0.503 e. The highest BCUT2D eigenvalue weighted by Gasteiger charge is 2.18. The summed E-state index contributed by atoms with van der Waals surface area (Å²) in [4.78, 5) is 20.8. The highest BCUT2D eigenvalue weighted by molar-refractivity contribution is 7.22. The second-order valence-corrected chi connectivity index (χ2v) is 7.26. The van der Waals surface area contributed by atoms with Crippen molar-refractivity contribution in [3.05, 3.63) is 66.0 Å². The van der Waals surface area contributed by atoms with Crippen molar-refractivity contribution >= 4 is 32.6 Å². The van der Waals surface area contributed by atoms with Gasteiger partial charge >= 0.3 is 0 Å². The summed E-state index contributed by atoms with van der Waals surface area (Å²) in [6, 6.07) is 14.8. The molecule has 0 unspecified atom stereocenters. The molecule has 0 aliphatic carbocycles. The number of nitrogens with zero attached hydrogens (tertiary/aromatic N) is 2. The number of methoxy groups -OCH3 is 1. The molecule has 146 valence electrons. The SMILES string of the molecule is COc1ccnc(C(=O)Nc2nc3ccc(Oc4ccc(C)cc4)cc3s2)c1O. The van der Waals surface area contributed by atoms with Gasteiger partial charge in [-0.15, -0.1) is 0 Å². The Bertz CT molecular complexity index is 1190. The number of pyridine rings is 1. The van der Waals surface area contributed by atoms with Crippen LogP contribution in [0, 0.1) is 6.92 Å². The highest BCUT2D eigenvalue weighted by atomic mass is 32.1. The van der Waals surface area contributed by atoms with Gasteiger partial charge in [0.25, 0.3) is 5.91 Å². The number of carbonyl (C=O) groups is 1. The molecule has 4 aromatic rings. The van der Waals surface area contributed by atoms with E-state index in [1.165, 1.54) is 30.7 Å². The van der Waals surface area contributed by atoms with Crippen LogP contribution in [0.5, 0.6) is 23.0 Å². The summed E-state index contributed by atoms with van der Waals surface area (Å²) in [5, 5.41) is 13.1. The lowest BCUT2D eigenvalue weighted by Crippen LogP contribution is -2.13. The molecule has 0 saturated heterocycles. The van der Waals surface area contributed by atoms with Crippen molar-refractivity contribution in [3.8, 4) is 23.0 Å². The minimum absolute atomic E-state index is 0.132. The fraction of sp³-hybridized carbons (Fsp3) is 0.0952. The van der Waals surface area contributed by atoms with Crippen LogP contribution < -0.4 is 14.8 Å². The van der Waals surface area contributed by atoms with Crippen molar-refractivity contribution in [1.82, 2.24) is 9.97 Å². The Labute approximate surface area is 170 Å². The minimum Gasteiger partial charge on any atom is -0.503 e. The second-order valence-electron chi connectivity index (χ2n) is 6.23. The van der Waals surface area contributed by atoms with Gasteiger partial charge in [-0.25, -0.2) is 9.97 Å². The van der Waals surface area contributed by atoms with E-state index in [1.807, 2.05) is 49.4 Å². The zero-order valence-corrected chi connectivity index (χ0v) is 16.5. The third-order valence-corrected chi connectivity index (χ3v) is 5.09. The molecule has 0 radical (unpaired) electrons. The number of aryl methyl sites for hydroxylation is 1. The Morgan fingerprint density at radius 3 is 2.62 bits per heavy atom. The van der Waals surface area contributed by atoms with Gasteiger partial charge in [0.05, 0.1) is 17.3 Å². The van der Waals surface area contributed by atoms with Crippen molar-refractivity contribution in [1.29, 1.82) is 0 Å². The molecule has 2 heterocycles. The molecule has 0 saturated carbocycles. The molecule has 7 nitrogen and oxygen atoms in total. The van der Waals surface area contributed by atoms with E-state index in [0.717, 1.165) is 21.5 Å². The molecule has 2 aromatic heterocycles. The maximum atomic E-state index is 12.5. The van der Waals surface area contributed by atoms with Crippen molar-refractivity contribution in [2.24, 2.45) is 0 Å². The predicted molar refractivity (Wildman–Crippen MR) is 111 cm³/mol. The topological polar surface area (TPSA) is 93.6 Å². The predicted octanol–water partition coefficient (Wildman–Crippen LogP) is 4.76. The van der Waals surface area contributed by atoms with Crippen molar-refractivity contribution in [2.45, 2.75) is 6.92 Å². The molecule has 0 fully saturated rings. The number of amides is 1. The van der Waals surface area contributed by atoms with Crippen molar-refractivity contribution in [2.75, 3.05) is 12.4 Å². The average Bonchev–Trinajstić information content (AvgIpc) is 3.11. The number of fused-ring (bicyclic) bond motifs is 1. The number of carbonyl (C=O) groups excluding carboxylic acids is 1. The molecule has 1 amide bonds. The molecule has 8 heteroatoms. The molecule has 0 aliphatic heterocycles. The van der Waals surface area contributed by atoms with Gasteiger partial charge < -0.3 is 14.6 Å². The summed E-state index contributed by atoms with van der Waals surface area (Å²) < 4.78 is 11.7. The summed E-state index contributed by atoms with van der Waals surface area (Å²) >= 11 is 1.30. The fourth-order valence-corrected chi connectivity index (χ4v) is 3.58. The van der Waals surface area contributed by atoms with Crippen LogP contribution in [0.2, 0.25) is 0 Å². The number of thiazole rings is 1. The maximum absolute atomic E-state index is 12.5. The molecule has 0 aliphatic rings. The number of hydrogen-bond donors (Lipinski definition) is 2. The van der Waals surface area contributed by atoms with Crippen LogP contribution >= 0.6 is 11.3 Å². The van der Waals surface area contributed by atoms with E-state index < -0.39 is 5.91 Å². The molecular formula is C21H17N3O4S. The Morgan fingerprint density at radius 1 is 1.10 bits per heavy atom. The number of aromatic hydroxyl groups is 1. The molecular weight excluding hydrogens is 390 g/mol. The number of ether oxygens (including phenoxy) is 2. The Morgan fingerprint density at radius 2 is 1.86 bits per heavy atom. The Hall–Kier alpha value is -3.65. The first-order valence-corrected chi connectivity index (χ1v) is 9.53. The Balaban J connectivity index is 1.54. The summed E-state index contributed by atoms with van der Waals surface area (Å²) in [7, 11) is 1.40. The van der Waals surface area contributed by atoms with Crippen LogP contribution in [0.1, 0.15) is 16.1 Å². The van der Waals surface area contributed by atoms with Crippen LogP contribution in [0.4, 0.5) is 5.13 Å². The van der Waals surface area contributed by atoms with Gasteiger partial charge in [0.15, 0.2) is 22.3 Å². The summed E-state index contributed by atoms with van der Waals surface area (Å²) in [6.07, 6.45) is 1.39. The second kappa shape index (κ2) is 7.76. The van der Waals surface area contributed by atoms with Crippen LogP contribution in [0.3, 0.4) is 0 Å². The first-order chi connectivity index (χ1) is 14.0. The number of nitrogens with one attached hydrogen (secondary N) is 1. The van der Waals surface area contributed by atoms with E-state index in [9.17, 15) is 9.90 Å². The van der Waals surface area contributed by atoms with E-state index >= 15 is 0 Å². The quantitative estimate of drug-likeness (QED) is 0.495. The zero-order valence-electron chi connectivity index (χ0n) is 15.7. The van der Waals surface area contributed by atoms with Crippen LogP contribution in [-0.4, -0.2) is 28.1 Å². The first-order valence-electron chi connectivity index (χ1n) is 8.72. The molecule has 2 N–H and O–H groups in total. The molecule has 4 rings (SSSR count). The van der Waals surface area contributed by atoms with Crippen LogP contribution in [0.25, 0.3) is 10.2 Å². The molecule has 0 spiro atoms. The summed E-state index contributed by atoms with van der Waals surface area (Å²) in [5.74, 6) is 0.703. The number of hydrogen-bond acceptors (Lipinski definition) is 7. The van der Waals surface area contributed by atoms with E-state index in [4.69, 9.17) is 9.47 Å². The summed E-state index contributed by atoms with van der Waals surface area (Å²) in [6.45, 7) is 2.02. The molecule has 29 heavy (non-hydrogen) atoms. The fourth-order valence-electron chi connectivity index (χ4n) is 2.69. The third-order valence-electron chi connectivity index (χ3n) is 4.16. The smallest absolute Gasteiger partial charge is 0.280 e. The van der Waals surface area contributed by atoms with Gasteiger partial charge in [-0.3, -0.25) is 10.1 Å². The zero-order chi connectivity index (χ0) is 20.4. The van der Waals surface area contributed by atoms with E-state index in [-0.39, 0.29) is 17.2 Å². The highest BCUT2D eigenvalue weighted by Crippen LogP contribution is 2.32. The van der Waals surface area contributed by atoms with Crippen LogP contribution in [-0.2, 0) is 0 Å². The Kier molecular flexibility index (Phi) is 5.01. The minimum atomic E-state index is -0.573. The monoisotopic (exact) mass is 407 g/mol. The van der Waals surface area contributed by atoms with Gasteiger partial charge in [0, 0.05) is 18.3 Å². The number of anilines is 1. The number of benzene rings is 2. The van der Waals surface area contributed by atoms with Gasteiger partial charge in [-0.2, -0.15) is 0 Å². The van der Waals surface area contributed by atoms with Gasteiger partial charge in [0.1, 0.15) is 11.5 Å². The third kappa shape index (κ3) is 3.97. The maximum Gasteiger partial charge on any atom is 0.280 e. The van der Waals surface area contributed by atoms with E-state index in [0.29, 0.717) is 10.9 Å². The number of aromatic nitrogens is 2. The van der Waals surface area contributed by atoms with E-state index in [1.54, 1.807) is 0 Å². The summed E-state index contributed by atoms with van der Waals surface area (Å²) in [5.41, 5.74) is 1.75. The van der Waals surface area contributed by atoms with Gasteiger partial charge in [-0.1, -0.05) is 29.0 Å². The first kappa shape index (κ1) is 18.7. The van der Waals surface area contributed by atoms with Gasteiger partial charge in [-0.05, 0) is 31.2 Å². The number of rotatable bonds is 5. The lowest BCUT2D eigenvalue weighted by Gasteiger charge is -2.06. The lowest BCUT2D eigenvalue weighted by molar-refractivity contribution is 0.101. The molecule has 0 bridgehead atoms. The lowest BCUT2D eigenvalue weighted by atomic mass is 10.2. The molecule has 2 aromatic carbocycles. The standard InChI is InChI=1S/C21H17N3O4S/c1-12-3-5-13(6-4-12)28-14-7-8-15-17(11-14)29-21(23-15)24-20(26)18-19(25)16(27-2)9-10-22-18/h3-11,25H,1-2H3,(H,23,24,26).